The monoisotopic (exact) mass is 236 g/mol. The Kier molecular flexibility index (Phi) is 2.64. The Morgan fingerprint density at radius 1 is 1.46 bits per heavy atom. The van der Waals surface area contributed by atoms with Crippen molar-refractivity contribution in [3.63, 3.8) is 0 Å². The number of ether oxygens (including phenoxy) is 1. The summed E-state index contributed by atoms with van der Waals surface area (Å²) in [6, 6.07) is 6.36. The topological polar surface area (TPSA) is 9.23 Å². The van der Waals surface area contributed by atoms with E-state index in [0.29, 0.717) is 0 Å². The van der Waals surface area contributed by atoms with E-state index >= 15 is 0 Å². The maximum atomic E-state index is 5.35. The van der Waals surface area contributed by atoms with Crippen LogP contribution in [0.15, 0.2) is 18.2 Å². The number of aryl methyl sites for hydroxylation is 1. The summed E-state index contributed by atoms with van der Waals surface area (Å²) in [7, 11) is 1.75. The third-order valence-corrected chi connectivity index (χ3v) is 3.56. The molecule has 1 aliphatic rings. The molecule has 1 nitrogen and oxygen atoms in total. The van der Waals surface area contributed by atoms with Crippen LogP contribution in [0.25, 0.3) is 0 Å². The molecule has 0 saturated carbocycles. The first-order valence-corrected chi connectivity index (χ1v) is 5.72. The molecular weight excluding hydrogens is 223 g/mol. The fourth-order valence-corrected chi connectivity index (χ4v) is 2.58. The summed E-state index contributed by atoms with van der Waals surface area (Å²) in [5.74, 6) is 1.06. The summed E-state index contributed by atoms with van der Waals surface area (Å²) >= 11 is 2.77. The zero-order valence-electron chi connectivity index (χ0n) is 7.79. The molecule has 2 heteroatoms. The summed E-state index contributed by atoms with van der Waals surface area (Å²) in [4.78, 5) is 0. The second-order valence-electron chi connectivity index (χ2n) is 3.49. The summed E-state index contributed by atoms with van der Waals surface area (Å²) < 4.78 is 6.10. The van der Waals surface area contributed by atoms with Crippen molar-refractivity contribution in [2.45, 2.75) is 24.0 Å². The van der Waals surface area contributed by atoms with Crippen LogP contribution in [-0.4, -0.2) is 24.0 Å². The second-order valence-corrected chi connectivity index (χ2v) is 5.03. The van der Waals surface area contributed by atoms with Crippen LogP contribution in [0, 0.1) is 0 Å². The van der Waals surface area contributed by atoms with Crippen LogP contribution in [-0.2, 0) is 12.8 Å². The van der Waals surface area contributed by atoms with Crippen molar-refractivity contribution in [3.05, 3.63) is 29.3 Å². The molecule has 13 heavy (non-hydrogen) atoms. The van der Waals surface area contributed by atoms with Crippen molar-refractivity contribution < 1.29 is 4.74 Å². The molecule has 68 valence electrons. The fraction of sp³-hybridized carbons (Fsp3) is 0.455. The first kappa shape index (κ1) is 9.15. The van der Waals surface area contributed by atoms with E-state index in [1.165, 1.54) is 24.0 Å². The first-order chi connectivity index (χ1) is 6.31. The Morgan fingerprint density at radius 3 is 3.08 bits per heavy atom. The van der Waals surface area contributed by atoms with Gasteiger partial charge in [-0.2, -0.15) is 0 Å². The van der Waals surface area contributed by atoms with Crippen LogP contribution < -0.4 is 4.74 Å². The van der Waals surface area contributed by atoms with Gasteiger partial charge in [-0.05, 0) is 0 Å². The molecule has 2 rings (SSSR count). The van der Waals surface area contributed by atoms with Crippen LogP contribution in [0.2, 0.25) is 4.71 Å². The van der Waals surface area contributed by atoms with Crippen LogP contribution in [0.3, 0.4) is 0 Å². The van der Waals surface area contributed by atoms with E-state index in [9.17, 15) is 0 Å². The number of methoxy groups -OCH3 is 1. The number of benzene rings is 1. The van der Waals surface area contributed by atoms with Gasteiger partial charge in [0.1, 0.15) is 0 Å². The van der Waals surface area contributed by atoms with Crippen LogP contribution in [0.5, 0.6) is 5.75 Å². The molecule has 1 aliphatic carbocycles. The van der Waals surface area contributed by atoms with Crippen LogP contribution >= 0.6 is 0 Å². The average molecular weight is 236 g/mol. The van der Waals surface area contributed by atoms with E-state index in [-0.39, 0.29) is 0 Å². The van der Waals surface area contributed by atoms with Crippen molar-refractivity contribution in [2.75, 3.05) is 7.11 Å². The van der Waals surface area contributed by atoms with Crippen molar-refractivity contribution >= 4 is 16.9 Å². The Morgan fingerprint density at radius 2 is 2.31 bits per heavy atom. The Labute approximate surface area is 88.0 Å². The van der Waals surface area contributed by atoms with Gasteiger partial charge >= 0.3 is 87.7 Å². The molecule has 2 radical (unpaired) electrons. The summed E-state index contributed by atoms with van der Waals surface area (Å²) in [5, 5.41) is 0. The van der Waals surface area contributed by atoms with Crippen molar-refractivity contribution in [2.24, 2.45) is 0 Å². The summed E-state index contributed by atoms with van der Waals surface area (Å²) in [6.07, 6.45) is 3.64. The molecule has 0 amide bonds. The van der Waals surface area contributed by atoms with Gasteiger partial charge in [0.2, 0.25) is 0 Å². The minimum atomic E-state index is 0.747. The maximum absolute atomic E-state index is 5.35. The van der Waals surface area contributed by atoms with E-state index in [1.54, 1.807) is 7.11 Å². The van der Waals surface area contributed by atoms with Gasteiger partial charge < -0.3 is 0 Å². The quantitative estimate of drug-likeness (QED) is 0.679. The number of rotatable bonds is 1. The number of fused-ring (bicyclic) bond motifs is 1. The first-order valence-electron chi connectivity index (χ1n) is 4.64. The molecule has 0 spiro atoms. The SMILES string of the molecule is COc1cccc2c1C[C@@H]([As])CC2. The van der Waals surface area contributed by atoms with E-state index in [0.717, 1.165) is 16.9 Å². The van der Waals surface area contributed by atoms with Crippen molar-refractivity contribution in [3.8, 4) is 5.75 Å². The Bertz CT molecular complexity index is 295. The van der Waals surface area contributed by atoms with Gasteiger partial charge in [-0.3, -0.25) is 0 Å². The molecule has 0 unspecified atom stereocenters. The minimum absolute atomic E-state index is 0.747. The van der Waals surface area contributed by atoms with Crippen molar-refractivity contribution in [1.82, 2.24) is 0 Å². The molecule has 0 saturated heterocycles. The predicted molar refractivity (Wildman–Crippen MR) is 54.5 cm³/mol. The second kappa shape index (κ2) is 3.75. The van der Waals surface area contributed by atoms with Crippen molar-refractivity contribution in [1.29, 1.82) is 0 Å². The summed E-state index contributed by atoms with van der Waals surface area (Å²) in [5.41, 5.74) is 2.89. The molecule has 1 aromatic rings. The number of hydrogen-bond donors (Lipinski definition) is 0. The normalized spacial score (nSPS) is 20.9. The van der Waals surface area contributed by atoms with E-state index < -0.39 is 0 Å². The predicted octanol–water partition coefficient (Wildman–Crippen LogP) is 2.14. The van der Waals surface area contributed by atoms with E-state index in [2.05, 4.69) is 35.1 Å². The average Bonchev–Trinajstić information content (AvgIpc) is 2.17. The third-order valence-electron chi connectivity index (χ3n) is 2.64. The van der Waals surface area contributed by atoms with Crippen LogP contribution in [0.4, 0.5) is 0 Å². The molecule has 0 fully saturated rings. The number of hydrogen-bond acceptors (Lipinski definition) is 1. The zero-order chi connectivity index (χ0) is 9.26. The van der Waals surface area contributed by atoms with Gasteiger partial charge in [0.15, 0.2) is 0 Å². The van der Waals surface area contributed by atoms with Crippen LogP contribution in [0.1, 0.15) is 17.5 Å². The molecular formula is C11H13AsO. The van der Waals surface area contributed by atoms with Gasteiger partial charge in [-0.15, -0.1) is 0 Å². The third kappa shape index (κ3) is 1.76. The van der Waals surface area contributed by atoms with E-state index in [4.69, 9.17) is 4.74 Å². The Balaban J connectivity index is 2.41. The zero-order valence-corrected chi connectivity index (χ0v) is 9.66. The molecule has 0 bridgehead atoms. The van der Waals surface area contributed by atoms with Gasteiger partial charge in [-0.25, -0.2) is 0 Å². The fourth-order valence-electron chi connectivity index (χ4n) is 1.93. The van der Waals surface area contributed by atoms with Gasteiger partial charge in [-0.1, -0.05) is 0 Å². The molecule has 0 aromatic heterocycles. The molecule has 1 aromatic carbocycles. The molecule has 0 aliphatic heterocycles. The molecule has 0 heterocycles. The Hall–Kier alpha value is -0.422. The van der Waals surface area contributed by atoms with Gasteiger partial charge in [0.05, 0.1) is 0 Å². The molecule has 0 N–H and O–H groups in total. The van der Waals surface area contributed by atoms with Gasteiger partial charge in [0, 0.05) is 0 Å². The summed E-state index contributed by atoms with van der Waals surface area (Å²) in [6.45, 7) is 0. The standard InChI is InChI=1S/C11H13AsO/c1-13-11-4-2-3-8-5-6-9(12)7-10(8)11/h2-4,9H,5-7H2,1H3/t9-/m0/s1. The van der Waals surface area contributed by atoms with Gasteiger partial charge in [0.25, 0.3) is 0 Å². The van der Waals surface area contributed by atoms with E-state index in [1.807, 2.05) is 0 Å². The molecule has 1 atom stereocenters.